The number of carbonyl (C=O) groups excluding carboxylic acids is 1. The van der Waals surface area contributed by atoms with Crippen LogP contribution in [0.25, 0.3) is 11.8 Å². The molecule has 3 rings (SSSR count). The number of aromatic nitrogens is 1. The van der Waals surface area contributed by atoms with E-state index in [1.807, 2.05) is 26.0 Å². The maximum absolute atomic E-state index is 12.7. The van der Waals surface area contributed by atoms with Crippen molar-refractivity contribution < 1.29 is 4.79 Å². The van der Waals surface area contributed by atoms with E-state index in [2.05, 4.69) is 41.9 Å². The summed E-state index contributed by atoms with van der Waals surface area (Å²) in [6.07, 6.45) is 2.55. The van der Waals surface area contributed by atoms with E-state index in [1.165, 1.54) is 11.1 Å². The number of carbonyl (C=O) groups is 1. The second-order valence-corrected chi connectivity index (χ2v) is 7.61. The summed E-state index contributed by atoms with van der Waals surface area (Å²) in [6, 6.07) is 17.3. The predicted octanol–water partition coefficient (Wildman–Crippen LogP) is 6.16. The Kier molecular flexibility index (Phi) is 6.44. The highest BCUT2D eigenvalue weighted by Gasteiger charge is 2.17. The van der Waals surface area contributed by atoms with Gasteiger partial charge in [-0.25, -0.2) is 0 Å². The van der Waals surface area contributed by atoms with Gasteiger partial charge in [-0.05, 0) is 68.2 Å². The topological polar surface area (TPSA) is 57.8 Å². The van der Waals surface area contributed by atoms with Gasteiger partial charge in [0, 0.05) is 11.4 Å². The Balaban J connectivity index is 2.02. The Morgan fingerprint density at radius 2 is 1.90 bits per heavy atom. The lowest BCUT2D eigenvalue weighted by Crippen LogP contribution is -2.13. The van der Waals surface area contributed by atoms with Crippen LogP contribution < -0.4 is 5.32 Å². The van der Waals surface area contributed by atoms with Crippen molar-refractivity contribution in [1.82, 2.24) is 4.57 Å². The minimum absolute atomic E-state index is 0.0238. The normalized spacial score (nSPS) is 11.3. The van der Waals surface area contributed by atoms with Crippen LogP contribution in [0, 0.1) is 32.1 Å². The number of halogens is 1. The summed E-state index contributed by atoms with van der Waals surface area (Å²) >= 11 is 6.12. The van der Waals surface area contributed by atoms with Crippen LogP contribution in [-0.4, -0.2) is 10.5 Å². The number of nitrogens with one attached hydrogen (secondary N) is 1. The van der Waals surface area contributed by atoms with E-state index in [0.29, 0.717) is 10.7 Å². The van der Waals surface area contributed by atoms with Crippen LogP contribution in [0.15, 0.2) is 54.1 Å². The molecule has 0 unspecified atom stereocenters. The molecular formula is C25H24ClN3O. The number of anilines is 1. The van der Waals surface area contributed by atoms with Crippen LogP contribution in [0.4, 0.5) is 5.69 Å². The SMILES string of the molecule is CCc1cccc(C)c1-n1c(C)cc(C=C(C#N)C(=O)Nc2ccccc2Cl)c1C. The zero-order chi connectivity index (χ0) is 21.8. The molecule has 152 valence electrons. The van der Waals surface area contributed by atoms with Crippen LogP contribution in [0.2, 0.25) is 5.02 Å². The molecule has 1 amide bonds. The maximum atomic E-state index is 12.7. The molecule has 0 radical (unpaired) electrons. The Morgan fingerprint density at radius 1 is 1.17 bits per heavy atom. The first kappa shape index (κ1) is 21.4. The van der Waals surface area contributed by atoms with E-state index in [-0.39, 0.29) is 5.57 Å². The smallest absolute Gasteiger partial charge is 0.266 e. The van der Waals surface area contributed by atoms with Crippen LogP contribution in [0.3, 0.4) is 0 Å². The molecule has 0 spiro atoms. The average molecular weight is 418 g/mol. The Morgan fingerprint density at radius 3 is 2.57 bits per heavy atom. The average Bonchev–Trinajstić information content (AvgIpc) is 3.00. The third kappa shape index (κ3) is 4.17. The molecule has 0 saturated carbocycles. The Labute approximate surface area is 182 Å². The summed E-state index contributed by atoms with van der Waals surface area (Å²) < 4.78 is 2.20. The van der Waals surface area contributed by atoms with E-state index in [0.717, 1.165) is 29.1 Å². The summed E-state index contributed by atoms with van der Waals surface area (Å²) in [4.78, 5) is 12.7. The van der Waals surface area contributed by atoms with E-state index in [4.69, 9.17) is 11.6 Å². The number of amides is 1. The zero-order valence-electron chi connectivity index (χ0n) is 17.6. The van der Waals surface area contributed by atoms with Crippen molar-refractivity contribution in [3.63, 3.8) is 0 Å². The molecule has 2 aromatic carbocycles. The van der Waals surface area contributed by atoms with Crippen LogP contribution >= 0.6 is 11.6 Å². The number of para-hydroxylation sites is 2. The highest BCUT2D eigenvalue weighted by molar-refractivity contribution is 6.34. The second kappa shape index (κ2) is 9.02. The van der Waals surface area contributed by atoms with Crippen molar-refractivity contribution in [1.29, 1.82) is 5.26 Å². The van der Waals surface area contributed by atoms with Gasteiger partial charge in [-0.15, -0.1) is 0 Å². The third-order valence-electron chi connectivity index (χ3n) is 5.18. The van der Waals surface area contributed by atoms with Gasteiger partial charge in [0.2, 0.25) is 0 Å². The van der Waals surface area contributed by atoms with Crippen molar-refractivity contribution in [2.45, 2.75) is 34.1 Å². The summed E-state index contributed by atoms with van der Waals surface area (Å²) in [7, 11) is 0. The molecule has 0 fully saturated rings. The van der Waals surface area contributed by atoms with Crippen molar-refractivity contribution in [3.8, 4) is 11.8 Å². The third-order valence-corrected chi connectivity index (χ3v) is 5.51. The lowest BCUT2D eigenvalue weighted by atomic mass is 10.1. The van der Waals surface area contributed by atoms with Gasteiger partial charge in [0.05, 0.1) is 16.4 Å². The molecule has 30 heavy (non-hydrogen) atoms. The number of hydrogen-bond acceptors (Lipinski definition) is 2. The Hall–Kier alpha value is -3.29. The number of aryl methyl sites for hydroxylation is 3. The van der Waals surface area contributed by atoms with Gasteiger partial charge < -0.3 is 9.88 Å². The molecule has 1 heterocycles. The minimum Gasteiger partial charge on any atom is -0.320 e. The van der Waals surface area contributed by atoms with Gasteiger partial charge in [0.25, 0.3) is 5.91 Å². The molecule has 0 atom stereocenters. The fourth-order valence-corrected chi connectivity index (χ4v) is 3.84. The molecule has 0 aliphatic carbocycles. The summed E-state index contributed by atoms with van der Waals surface area (Å²) in [5.74, 6) is -0.486. The molecular weight excluding hydrogens is 394 g/mol. The Bertz CT molecular complexity index is 1180. The highest BCUT2D eigenvalue weighted by atomic mass is 35.5. The van der Waals surface area contributed by atoms with Gasteiger partial charge in [0.1, 0.15) is 11.6 Å². The molecule has 1 N–H and O–H groups in total. The van der Waals surface area contributed by atoms with Crippen LogP contribution in [-0.2, 0) is 11.2 Å². The van der Waals surface area contributed by atoms with Crippen molar-refractivity contribution in [2.75, 3.05) is 5.32 Å². The molecule has 0 saturated heterocycles. The number of nitrogens with zero attached hydrogens (tertiary/aromatic N) is 2. The van der Waals surface area contributed by atoms with Crippen molar-refractivity contribution in [2.24, 2.45) is 0 Å². The first-order valence-electron chi connectivity index (χ1n) is 9.82. The van der Waals surface area contributed by atoms with Gasteiger partial charge in [0.15, 0.2) is 0 Å². The first-order valence-corrected chi connectivity index (χ1v) is 10.2. The number of nitriles is 1. The molecule has 1 aromatic heterocycles. The quantitative estimate of drug-likeness (QED) is 0.399. The summed E-state index contributed by atoms with van der Waals surface area (Å²) in [5, 5.41) is 12.7. The van der Waals surface area contributed by atoms with Gasteiger partial charge in [-0.3, -0.25) is 4.79 Å². The van der Waals surface area contributed by atoms with Gasteiger partial charge in [-0.1, -0.05) is 48.9 Å². The van der Waals surface area contributed by atoms with Crippen LogP contribution in [0.5, 0.6) is 0 Å². The monoisotopic (exact) mass is 417 g/mol. The molecule has 4 nitrogen and oxygen atoms in total. The van der Waals surface area contributed by atoms with E-state index >= 15 is 0 Å². The second-order valence-electron chi connectivity index (χ2n) is 7.20. The fourth-order valence-electron chi connectivity index (χ4n) is 3.66. The van der Waals surface area contributed by atoms with E-state index in [1.54, 1.807) is 30.3 Å². The standard InChI is InChI=1S/C25H24ClN3O/c1-5-19-10-8-9-16(2)24(19)29-17(3)13-20(18(29)4)14-21(15-27)25(30)28-23-12-7-6-11-22(23)26/h6-14H,5H2,1-4H3,(H,28,30). The van der Waals surface area contributed by atoms with Crippen molar-refractivity contribution >= 4 is 29.3 Å². The summed E-state index contributed by atoms with van der Waals surface area (Å²) in [6.45, 7) is 8.28. The maximum Gasteiger partial charge on any atom is 0.266 e. The lowest BCUT2D eigenvalue weighted by Gasteiger charge is -2.17. The summed E-state index contributed by atoms with van der Waals surface area (Å²) in [5.41, 5.74) is 6.96. The molecule has 3 aromatic rings. The highest BCUT2D eigenvalue weighted by Crippen LogP contribution is 2.28. The lowest BCUT2D eigenvalue weighted by molar-refractivity contribution is -0.112. The van der Waals surface area contributed by atoms with E-state index < -0.39 is 5.91 Å². The van der Waals surface area contributed by atoms with Gasteiger partial charge >= 0.3 is 0 Å². The molecule has 0 bridgehead atoms. The molecule has 5 heteroatoms. The number of hydrogen-bond donors (Lipinski definition) is 1. The van der Waals surface area contributed by atoms with Crippen molar-refractivity contribution in [3.05, 3.63) is 87.2 Å². The van der Waals surface area contributed by atoms with Crippen LogP contribution in [0.1, 0.15) is 35.0 Å². The van der Waals surface area contributed by atoms with Gasteiger partial charge in [-0.2, -0.15) is 5.26 Å². The molecule has 0 aliphatic heterocycles. The van der Waals surface area contributed by atoms with E-state index in [9.17, 15) is 10.1 Å². The fraction of sp³-hybridized carbons (Fsp3) is 0.200. The zero-order valence-corrected chi connectivity index (χ0v) is 18.3. The first-order chi connectivity index (χ1) is 14.4. The minimum atomic E-state index is -0.486. The number of rotatable bonds is 5. The predicted molar refractivity (Wildman–Crippen MR) is 123 cm³/mol. The largest absolute Gasteiger partial charge is 0.320 e. The molecule has 0 aliphatic rings. The number of benzene rings is 2.